The Morgan fingerprint density at radius 1 is 1.19 bits per heavy atom. The van der Waals surface area contributed by atoms with Crippen molar-refractivity contribution in [1.29, 1.82) is 0 Å². The lowest BCUT2D eigenvalue weighted by Gasteiger charge is -2.12. The molecule has 0 unspecified atom stereocenters. The van der Waals surface area contributed by atoms with Crippen molar-refractivity contribution in [3.8, 4) is 16.9 Å². The number of tetrazole rings is 1. The van der Waals surface area contributed by atoms with Gasteiger partial charge in [0.1, 0.15) is 0 Å². The Hall–Kier alpha value is -3.72. The number of hydrogen-bond acceptors (Lipinski definition) is 6. The van der Waals surface area contributed by atoms with Crippen molar-refractivity contribution in [2.24, 2.45) is 0 Å². The van der Waals surface area contributed by atoms with Crippen LogP contribution in [0.2, 0.25) is 5.02 Å². The highest BCUT2D eigenvalue weighted by molar-refractivity contribution is 6.30. The van der Waals surface area contributed by atoms with E-state index in [-0.39, 0.29) is 18.4 Å². The number of carbonyl (C=O) groups is 1. The predicted octanol–water partition coefficient (Wildman–Crippen LogP) is 3.97. The monoisotopic (exact) mass is 451 g/mol. The van der Waals surface area contributed by atoms with Crippen molar-refractivity contribution < 1.29 is 9.18 Å². The molecule has 162 valence electrons. The quantitative estimate of drug-likeness (QED) is 0.445. The minimum Gasteiger partial charge on any atom is -0.346 e. The Bertz CT molecular complexity index is 1260. The molecular formula is C22H19ClFN7O. The van der Waals surface area contributed by atoms with Gasteiger partial charge in [-0.2, -0.15) is 9.07 Å². The number of nitrogens with zero attached hydrogens (tertiary/aromatic N) is 6. The molecule has 0 aliphatic heterocycles. The van der Waals surface area contributed by atoms with Crippen LogP contribution in [0.5, 0.6) is 0 Å². The van der Waals surface area contributed by atoms with E-state index in [0.717, 1.165) is 0 Å². The van der Waals surface area contributed by atoms with Gasteiger partial charge in [-0.15, -0.1) is 5.10 Å². The molecule has 0 aliphatic rings. The Balaban J connectivity index is 1.72. The summed E-state index contributed by atoms with van der Waals surface area (Å²) in [4.78, 5) is 21.1. The molecule has 4 aromatic rings. The lowest BCUT2D eigenvalue weighted by Crippen LogP contribution is -2.23. The maximum absolute atomic E-state index is 13.3. The molecule has 0 saturated carbocycles. The summed E-state index contributed by atoms with van der Waals surface area (Å²) < 4.78 is 14.9. The first-order valence-corrected chi connectivity index (χ1v) is 10.2. The molecule has 0 fully saturated rings. The van der Waals surface area contributed by atoms with Gasteiger partial charge >= 0.3 is 0 Å². The zero-order valence-corrected chi connectivity index (χ0v) is 18.1. The van der Waals surface area contributed by atoms with Crippen molar-refractivity contribution in [1.82, 2.24) is 35.5 Å². The van der Waals surface area contributed by atoms with Crippen LogP contribution in [0.3, 0.4) is 0 Å². The van der Waals surface area contributed by atoms with Crippen LogP contribution >= 0.6 is 11.6 Å². The number of hydrogen-bond donors (Lipinski definition) is 1. The van der Waals surface area contributed by atoms with Crippen LogP contribution in [0.25, 0.3) is 16.9 Å². The average Bonchev–Trinajstić information content (AvgIpc) is 3.28. The van der Waals surface area contributed by atoms with Gasteiger partial charge in [0.05, 0.1) is 28.6 Å². The number of carbonyl (C=O) groups excluding carboxylic acids is 1. The molecule has 4 rings (SSSR count). The van der Waals surface area contributed by atoms with E-state index in [0.29, 0.717) is 39.0 Å². The maximum Gasteiger partial charge on any atom is 0.251 e. The number of aromatic nitrogens is 6. The van der Waals surface area contributed by atoms with Gasteiger partial charge in [0.25, 0.3) is 5.91 Å². The number of rotatable bonds is 6. The summed E-state index contributed by atoms with van der Waals surface area (Å²) in [5, 5.41) is 15.2. The topological polar surface area (TPSA) is 98.5 Å². The average molecular weight is 452 g/mol. The lowest BCUT2D eigenvalue weighted by atomic mass is 10.0. The molecule has 0 radical (unpaired) electrons. The fourth-order valence-electron chi connectivity index (χ4n) is 3.12. The highest BCUT2D eigenvalue weighted by Gasteiger charge is 2.17. The smallest absolute Gasteiger partial charge is 0.251 e. The molecule has 0 bridgehead atoms. The fraction of sp³-hybridized carbons (Fsp3) is 0.182. The van der Waals surface area contributed by atoms with Crippen LogP contribution in [0, 0.1) is 5.95 Å². The summed E-state index contributed by atoms with van der Waals surface area (Å²) >= 11 is 5.97. The standard InChI is InChI=1S/C22H19ClFN7O/c1-13(2)21-28-29-30-31(21)18-9-14(19-7-6-16(23)11-25-19)8-15(10-18)22(32)26-12-17-4-3-5-20(24)27-17/h3-11,13H,12H2,1-2H3,(H,26,32). The lowest BCUT2D eigenvalue weighted by molar-refractivity contribution is 0.0950. The van der Waals surface area contributed by atoms with Gasteiger partial charge < -0.3 is 5.32 Å². The summed E-state index contributed by atoms with van der Waals surface area (Å²) in [6, 6.07) is 13.2. The molecule has 10 heteroatoms. The first-order chi connectivity index (χ1) is 15.4. The van der Waals surface area contributed by atoms with Crippen LogP contribution in [0.4, 0.5) is 4.39 Å². The summed E-state index contributed by atoms with van der Waals surface area (Å²) in [5.41, 5.74) is 2.73. The third-order valence-electron chi connectivity index (χ3n) is 4.66. The molecule has 1 aromatic carbocycles. The first-order valence-electron chi connectivity index (χ1n) is 9.86. The normalized spacial score (nSPS) is 11.0. The van der Waals surface area contributed by atoms with E-state index in [1.165, 1.54) is 12.3 Å². The fourth-order valence-corrected chi connectivity index (χ4v) is 3.23. The Kier molecular flexibility index (Phi) is 6.18. The molecule has 1 N–H and O–H groups in total. The molecule has 0 saturated heterocycles. The number of benzene rings is 1. The van der Waals surface area contributed by atoms with E-state index >= 15 is 0 Å². The molecule has 0 spiro atoms. The zero-order chi connectivity index (χ0) is 22.7. The third-order valence-corrected chi connectivity index (χ3v) is 4.88. The van der Waals surface area contributed by atoms with Crippen LogP contribution in [0.15, 0.2) is 54.7 Å². The Morgan fingerprint density at radius 2 is 2.03 bits per heavy atom. The van der Waals surface area contributed by atoms with E-state index in [9.17, 15) is 9.18 Å². The first kappa shape index (κ1) is 21.5. The van der Waals surface area contributed by atoms with E-state index in [2.05, 4.69) is 30.8 Å². The number of nitrogens with one attached hydrogen (secondary N) is 1. The van der Waals surface area contributed by atoms with E-state index in [1.54, 1.807) is 41.1 Å². The third kappa shape index (κ3) is 4.78. The molecule has 0 atom stereocenters. The minimum absolute atomic E-state index is 0.0682. The molecule has 3 aromatic heterocycles. The number of pyridine rings is 2. The van der Waals surface area contributed by atoms with E-state index in [1.807, 2.05) is 19.9 Å². The molecular weight excluding hydrogens is 433 g/mol. The van der Waals surface area contributed by atoms with E-state index < -0.39 is 5.95 Å². The maximum atomic E-state index is 13.3. The highest BCUT2D eigenvalue weighted by atomic mass is 35.5. The van der Waals surface area contributed by atoms with Crippen LogP contribution in [-0.4, -0.2) is 36.1 Å². The molecule has 8 nitrogen and oxygen atoms in total. The highest BCUT2D eigenvalue weighted by Crippen LogP contribution is 2.25. The molecule has 32 heavy (non-hydrogen) atoms. The number of halogens is 2. The van der Waals surface area contributed by atoms with Crippen molar-refractivity contribution in [3.05, 3.63) is 82.8 Å². The Morgan fingerprint density at radius 3 is 2.75 bits per heavy atom. The van der Waals surface area contributed by atoms with Crippen molar-refractivity contribution in [2.75, 3.05) is 0 Å². The molecule has 0 aliphatic carbocycles. The van der Waals surface area contributed by atoms with Gasteiger partial charge in [0.2, 0.25) is 5.95 Å². The van der Waals surface area contributed by atoms with Crippen molar-refractivity contribution in [3.63, 3.8) is 0 Å². The van der Waals surface area contributed by atoms with Crippen LogP contribution in [0.1, 0.15) is 41.6 Å². The summed E-state index contributed by atoms with van der Waals surface area (Å²) in [6.07, 6.45) is 1.54. The predicted molar refractivity (Wildman–Crippen MR) is 117 cm³/mol. The molecule has 1 amide bonds. The van der Waals surface area contributed by atoms with Gasteiger partial charge in [-0.25, -0.2) is 4.98 Å². The second kappa shape index (κ2) is 9.19. The minimum atomic E-state index is -0.602. The van der Waals surface area contributed by atoms with Gasteiger partial charge in [0, 0.05) is 23.2 Å². The summed E-state index contributed by atoms with van der Waals surface area (Å²) in [6.45, 7) is 4.04. The van der Waals surface area contributed by atoms with Crippen molar-refractivity contribution >= 4 is 17.5 Å². The van der Waals surface area contributed by atoms with Gasteiger partial charge in [-0.3, -0.25) is 9.78 Å². The van der Waals surface area contributed by atoms with Crippen LogP contribution in [-0.2, 0) is 6.54 Å². The summed E-state index contributed by atoms with van der Waals surface area (Å²) in [7, 11) is 0. The zero-order valence-electron chi connectivity index (χ0n) is 17.3. The van der Waals surface area contributed by atoms with Gasteiger partial charge in [0.15, 0.2) is 5.82 Å². The van der Waals surface area contributed by atoms with E-state index in [4.69, 9.17) is 11.6 Å². The summed E-state index contributed by atoms with van der Waals surface area (Å²) in [5.74, 6) is -0.234. The largest absolute Gasteiger partial charge is 0.346 e. The van der Waals surface area contributed by atoms with Gasteiger partial charge in [-0.1, -0.05) is 31.5 Å². The van der Waals surface area contributed by atoms with Crippen LogP contribution < -0.4 is 5.32 Å². The second-order valence-corrected chi connectivity index (χ2v) is 7.80. The van der Waals surface area contributed by atoms with Gasteiger partial charge in [-0.05, 0) is 52.9 Å². The number of amides is 1. The Labute approximate surface area is 188 Å². The molecule has 3 heterocycles. The van der Waals surface area contributed by atoms with Crippen molar-refractivity contribution in [2.45, 2.75) is 26.3 Å². The second-order valence-electron chi connectivity index (χ2n) is 7.37. The SMILES string of the molecule is CC(C)c1nnnn1-c1cc(C(=O)NCc2cccc(F)n2)cc(-c2ccc(Cl)cn2)c1.